The van der Waals surface area contributed by atoms with Gasteiger partial charge in [0.25, 0.3) is 0 Å². The summed E-state index contributed by atoms with van der Waals surface area (Å²) in [5.41, 5.74) is 0. The van der Waals surface area contributed by atoms with Crippen LogP contribution in [0.25, 0.3) is 0 Å². The molecule has 0 aliphatic heterocycles. The van der Waals surface area contributed by atoms with Gasteiger partial charge in [-0.1, -0.05) is 147 Å². The van der Waals surface area contributed by atoms with E-state index in [1.54, 1.807) is 0 Å². The molecule has 0 radical (unpaired) electrons. The van der Waals surface area contributed by atoms with Crippen molar-refractivity contribution in [1.29, 1.82) is 0 Å². The number of carboxylic acid groups (broad SMARTS) is 1. The lowest BCUT2D eigenvalue weighted by Gasteiger charge is -2.16. The summed E-state index contributed by atoms with van der Waals surface area (Å²) in [5.74, 6) is -1.12. The summed E-state index contributed by atoms with van der Waals surface area (Å²) in [6.07, 6.45) is 40.1. The van der Waals surface area contributed by atoms with Crippen molar-refractivity contribution in [2.45, 2.75) is 180 Å². The monoisotopic (exact) mass is 560 g/mol. The molecule has 0 amide bonds. The van der Waals surface area contributed by atoms with Gasteiger partial charge in [-0.15, -0.1) is 0 Å². The maximum atomic E-state index is 12.3. The summed E-state index contributed by atoms with van der Waals surface area (Å²) in [6, 6.07) is 0. The maximum absolute atomic E-state index is 12.3. The molecule has 232 valence electrons. The number of esters is 1. The van der Waals surface area contributed by atoms with Gasteiger partial charge in [0.2, 0.25) is 0 Å². The molecule has 0 heterocycles. The number of carbonyl (C=O) groups is 2. The standard InChI is InChI=1S/C36H64O4/c1-3-5-7-9-11-13-15-17-18-20-22-24-26-28-30-32-36(39)40-34(33-35(37)38)31-29-27-25-23-21-19-16-14-12-10-8-6-4-2/h5,7,11,13,17-18,34H,3-4,6,8-10,12,14-16,19-33H2,1-2H3,(H,37,38)/b7-5-,13-11-,18-17-. The predicted molar refractivity (Wildman–Crippen MR) is 172 cm³/mol. The van der Waals surface area contributed by atoms with Crippen LogP contribution in [0.3, 0.4) is 0 Å². The quantitative estimate of drug-likeness (QED) is 0.0539. The Morgan fingerprint density at radius 2 is 1.07 bits per heavy atom. The van der Waals surface area contributed by atoms with Crippen LogP contribution in [0.1, 0.15) is 174 Å². The molecule has 0 saturated heterocycles. The summed E-state index contributed by atoms with van der Waals surface area (Å²) in [7, 11) is 0. The van der Waals surface area contributed by atoms with Gasteiger partial charge in [-0.05, 0) is 51.4 Å². The molecule has 40 heavy (non-hydrogen) atoms. The van der Waals surface area contributed by atoms with Gasteiger partial charge in [0.15, 0.2) is 0 Å². The zero-order chi connectivity index (χ0) is 29.4. The number of hydrogen-bond acceptors (Lipinski definition) is 3. The van der Waals surface area contributed by atoms with E-state index in [4.69, 9.17) is 4.74 Å². The summed E-state index contributed by atoms with van der Waals surface area (Å²) < 4.78 is 5.55. The molecule has 0 aliphatic carbocycles. The van der Waals surface area contributed by atoms with E-state index in [-0.39, 0.29) is 12.4 Å². The maximum Gasteiger partial charge on any atom is 0.307 e. The Bertz CT molecular complexity index is 649. The first-order valence-electron chi connectivity index (χ1n) is 17.0. The molecule has 0 bridgehead atoms. The van der Waals surface area contributed by atoms with Crippen LogP contribution in [0, 0.1) is 0 Å². The summed E-state index contributed by atoms with van der Waals surface area (Å²) >= 11 is 0. The van der Waals surface area contributed by atoms with Gasteiger partial charge < -0.3 is 9.84 Å². The fourth-order valence-corrected chi connectivity index (χ4v) is 4.92. The van der Waals surface area contributed by atoms with Crippen LogP contribution < -0.4 is 0 Å². The number of allylic oxidation sites excluding steroid dienone is 6. The average Bonchev–Trinajstić information content (AvgIpc) is 2.93. The van der Waals surface area contributed by atoms with Gasteiger partial charge >= 0.3 is 11.9 Å². The van der Waals surface area contributed by atoms with Crippen LogP contribution in [0.4, 0.5) is 0 Å². The number of unbranched alkanes of at least 4 members (excludes halogenated alkanes) is 17. The van der Waals surface area contributed by atoms with Gasteiger partial charge in [0.1, 0.15) is 6.10 Å². The van der Waals surface area contributed by atoms with Crippen LogP contribution in [-0.2, 0) is 14.3 Å². The SMILES string of the molecule is CC/C=C\C/C=C\C/C=C\CCCCCCCC(=O)OC(CCCCCCCCCCCCCCC)CC(=O)O. The Labute approximate surface area is 248 Å². The van der Waals surface area contributed by atoms with Gasteiger partial charge in [0.05, 0.1) is 6.42 Å². The first-order chi connectivity index (χ1) is 19.6. The molecular formula is C36H64O4. The van der Waals surface area contributed by atoms with E-state index >= 15 is 0 Å². The number of aliphatic carboxylic acids is 1. The van der Waals surface area contributed by atoms with Crippen molar-refractivity contribution >= 4 is 11.9 Å². The van der Waals surface area contributed by atoms with E-state index in [0.29, 0.717) is 12.8 Å². The molecule has 0 fully saturated rings. The van der Waals surface area contributed by atoms with E-state index in [9.17, 15) is 14.7 Å². The van der Waals surface area contributed by atoms with Gasteiger partial charge in [-0.2, -0.15) is 0 Å². The first kappa shape index (κ1) is 38.2. The number of rotatable bonds is 30. The van der Waals surface area contributed by atoms with Crippen LogP contribution in [-0.4, -0.2) is 23.1 Å². The van der Waals surface area contributed by atoms with Crippen molar-refractivity contribution in [1.82, 2.24) is 0 Å². The lowest BCUT2D eigenvalue weighted by Crippen LogP contribution is -2.21. The van der Waals surface area contributed by atoms with Crippen LogP contribution in [0.2, 0.25) is 0 Å². The van der Waals surface area contributed by atoms with Crippen molar-refractivity contribution in [3.05, 3.63) is 36.5 Å². The van der Waals surface area contributed by atoms with Crippen LogP contribution in [0.15, 0.2) is 36.5 Å². The number of carboxylic acids is 1. The Balaban J connectivity index is 3.73. The fraction of sp³-hybridized carbons (Fsp3) is 0.778. The normalized spacial score (nSPS) is 12.7. The molecular weight excluding hydrogens is 496 g/mol. The first-order valence-corrected chi connectivity index (χ1v) is 17.0. The van der Waals surface area contributed by atoms with Gasteiger partial charge in [-0.3, -0.25) is 9.59 Å². The van der Waals surface area contributed by atoms with E-state index < -0.39 is 12.1 Å². The van der Waals surface area contributed by atoms with Crippen LogP contribution >= 0.6 is 0 Å². The lowest BCUT2D eigenvalue weighted by molar-refractivity contribution is -0.153. The summed E-state index contributed by atoms with van der Waals surface area (Å²) in [4.78, 5) is 23.5. The van der Waals surface area contributed by atoms with Crippen molar-refractivity contribution < 1.29 is 19.4 Å². The molecule has 0 rings (SSSR count). The zero-order valence-electron chi connectivity index (χ0n) is 26.4. The molecule has 0 aromatic heterocycles. The molecule has 4 nitrogen and oxygen atoms in total. The second-order valence-electron chi connectivity index (χ2n) is 11.3. The van der Waals surface area contributed by atoms with Gasteiger partial charge in [-0.25, -0.2) is 0 Å². The molecule has 1 atom stereocenters. The molecule has 1 unspecified atom stereocenters. The zero-order valence-corrected chi connectivity index (χ0v) is 26.4. The number of ether oxygens (including phenoxy) is 1. The van der Waals surface area contributed by atoms with E-state index in [1.807, 2.05) is 0 Å². The smallest absolute Gasteiger partial charge is 0.307 e. The third-order valence-electron chi connectivity index (χ3n) is 7.36. The molecule has 0 spiro atoms. The Hall–Kier alpha value is -1.84. The third kappa shape index (κ3) is 30.7. The number of hydrogen-bond donors (Lipinski definition) is 1. The highest BCUT2D eigenvalue weighted by atomic mass is 16.5. The second kappa shape index (κ2) is 31.7. The minimum Gasteiger partial charge on any atom is -0.481 e. The third-order valence-corrected chi connectivity index (χ3v) is 7.36. The van der Waals surface area contributed by atoms with Crippen molar-refractivity contribution in [3.8, 4) is 0 Å². The summed E-state index contributed by atoms with van der Waals surface area (Å²) in [6.45, 7) is 4.41. The van der Waals surface area contributed by atoms with Crippen molar-refractivity contribution in [3.63, 3.8) is 0 Å². The topological polar surface area (TPSA) is 63.6 Å². The highest BCUT2D eigenvalue weighted by Crippen LogP contribution is 2.16. The number of carbonyl (C=O) groups excluding carboxylic acids is 1. The van der Waals surface area contributed by atoms with Crippen molar-refractivity contribution in [2.75, 3.05) is 0 Å². The van der Waals surface area contributed by atoms with E-state index in [1.165, 1.54) is 83.5 Å². The highest BCUT2D eigenvalue weighted by Gasteiger charge is 2.17. The minimum atomic E-state index is -0.887. The van der Waals surface area contributed by atoms with E-state index in [2.05, 4.69) is 50.3 Å². The Morgan fingerprint density at radius 1 is 0.600 bits per heavy atom. The largest absolute Gasteiger partial charge is 0.481 e. The van der Waals surface area contributed by atoms with E-state index in [0.717, 1.165) is 57.8 Å². The molecule has 0 saturated carbocycles. The molecule has 0 aliphatic rings. The Morgan fingerprint density at radius 3 is 1.62 bits per heavy atom. The Kier molecular flexibility index (Phi) is 30.2. The van der Waals surface area contributed by atoms with Gasteiger partial charge in [0, 0.05) is 6.42 Å². The minimum absolute atomic E-state index is 0.0801. The molecule has 4 heteroatoms. The lowest BCUT2D eigenvalue weighted by atomic mass is 10.0. The molecule has 1 N–H and O–H groups in total. The second-order valence-corrected chi connectivity index (χ2v) is 11.3. The highest BCUT2D eigenvalue weighted by molar-refractivity contribution is 5.71. The summed E-state index contributed by atoms with van der Waals surface area (Å²) in [5, 5.41) is 9.22. The molecule has 0 aromatic carbocycles. The van der Waals surface area contributed by atoms with Crippen molar-refractivity contribution in [2.24, 2.45) is 0 Å². The average molecular weight is 561 g/mol. The molecule has 0 aromatic rings. The predicted octanol–water partition coefficient (Wildman–Crippen LogP) is 11.4. The van der Waals surface area contributed by atoms with Crippen LogP contribution in [0.5, 0.6) is 0 Å². The fourth-order valence-electron chi connectivity index (χ4n) is 4.92.